The van der Waals surface area contributed by atoms with Gasteiger partial charge in [0.05, 0.1) is 0 Å². The highest BCUT2D eigenvalue weighted by molar-refractivity contribution is 7.85. The van der Waals surface area contributed by atoms with Gasteiger partial charge in [-0.05, 0) is 46.5 Å². The minimum atomic E-state index is -0.688. The number of rotatable bonds is 4. The van der Waals surface area contributed by atoms with Gasteiger partial charge in [-0.25, -0.2) is 4.79 Å². The van der Waals surface area contributed by atoms with Gasteiger partial charge in [0.25, 0.3) is 0 Å². The van der Waals surface area contributed by atoms with Crippen molar-refractivity contribution in [1.29, 1.82) is 0 Å². The predicted molar refractivity (Wildman–Crippen MR) is 94.1 cm³/mol. The molecule has 2 rings (SSSR count). The van der Waals surface area contributed by atoms with E-state index < -0.39 is 16.4 Å². The van der Waals surface area contributed by atoms with Crippen molar-refractivity contribution < 1.29 is 13.7 Å². The zero-order valence-electron chi connectivity index (χ0n) is 15.0. The average molecular weight is 345 g/mol. The Morgan fingerprint density at radius 2 is 2.00 bits per heavy atom. The van der Waals surface area contributed by atoms with Crippen molar-refractivity contribution in [3.05, 3.63) is 0 Å². The van der Waals surface area contributed by atoms with Gasteiger partial charge in [-0.15, -0.1) is 0 Å². The molecule has 0 unspecified atom stereocenters. The summed E-state index contributed by atoms with van der Waals surface area (Å²) in [6.45, 7) is 9.16. The number of carbonyl (C=O) groups excluding carboxylic acids is 1. The summed E-state index contributed by atoms with van der Waals surface area (Å²) in [6, 6.07) is 0.772. The highest BCUT2D eigenvalue weighted by Crippen LogP contribution is 2.24. The number of carbonyl (C=O) groups is 1. The second-order valence-corrected chi connectivity index (χ2v) is 9.74. The molecule has 0 aromatic carbocycles. The highest BCUT2D eigenvalue weighted by Gasteiger charge is 2.32. The number of likely N-dealkylation sites (tertiary alicyclic amines) is 1. The van der Waals surface area contributed by atoms with Gasteiger partial charge in [-0.1, -0.05) is 13.3 Å². The van der Waals surface area contributed by atoms with E-state index in [9.17, 15) is 9.00 Å². The summed E-state index contributed by atoms with van der Waals surface area (Å²) in [7, 11) is -0.688. The van der Waals surface area contributed by atoms with Crippen LogP contribution < -0.4 is 5.32 Å². The number of hydrogen-bond acceptors (Lipinski definition) is 4. The van der Waals surface area contributed by atoms with Crippen LogP contribution in [0.2, 0.25) is 0 Å². The number of nitrogens with zero attached hydrogens (tertiary/aromatic N) is 1. The average Bonchev–Trinajstić information content (AvgIpc) is 2.93. The first-order valence-electron chi connectivity index (χ1n) is 8.89. The fourth-order valence-electron chi connectivity index (χ4n) is 3.49. The number of hydrogen-bond donors (Lipinski definition) is 1. The fraction of sp³-hybridized carbons (Fsp3) is 0.941. The molecule has 0 bridgehead atoms. The Morgan fingerprint density at radius 3 is 2.65 bits per heavy atom. The molecule has 1 saturated carbocycles. The molecule has 1 aliphatic heterocycles. The van der Waals surface area contributed by atoms with Crippen molar-refractivity contribution in [2.45, 2.75) is 82.7 Å². The second-order valence-electron chi connectivity index (χ2n) is 7.73. The Bertz CT molecular complexity index is 436. The first kappa shape index (κ1) is 18.7. The van der Waals surface area contributed by atoms with E-state index in [1.54, 1.807) is 4.90 Å². The standard InChI is InChI=1S/C17H32N2O3S/c1-5-23(21)15-8-6-7-13(11-15)18-14-9-10-19(12-14)16(20)22-17(2,3)4/h13-15,18H,5-12H2,1-4H3/t13-,14-,15+,23-/m0/s1. The monoisotopic (exact) mass is 344 g/mol. The molecule has 1 amide bonds. The minimum Gasteiger partial charge on any atom is -0.444 e. The SMILES string of the molecule is CC[S@](=O)[C@@H]1CCC[C@H](N[C@H]2CCN(C(=O)OC(C)(C)C)C2)C1. The summed E-state index contributed by atoms with van der Waals surface area (Å²) in [5.74, 6) is 0.757. The molecule has 2 fully saturated rings. The van der Waals surface area contributed by atoms with Gasteiger partial charge < -0.3 is 15.0 Å². The zero-order valence-corrected chi connectivity index (χ0v) is 15.8. The molecular weight excluding hydrogens is 312 g/mol. The van der Waals surface area contributed by atoms with Crippen molar-refractivity contribution in [3.8, 4) is 0 Å². The van der Waals surface area contributed by atoms with E-state index in [0.29, 0.717) is 23.9 Å². The minimum absolute atomic E-state index is 0.213. The first-order chi connectivity index (χ1) is 10.8. The molecule has 1 N–H and O–H groups in total. The summed E-state index contributed by atoms with van der Waals surface area (Å²) in [5, 5.41) is 4.03. The summed E-state index contributed by atoms with van der Waals surface area (Å²) >= 11 is 0. The molecule has 0 spiro atoms. The zero-order chi connectivity index (χ0) is 17.0. The Kier molecular flexibility index (Phi) is 6.48. The number of ether oxygens (including phenoxy) is 1. The van der Waals surface area contributed by atoms with Crippen LogP contribution in [-0.4, -0.2) is 57.0 Å². The normalized spacial score (nSPS) is 30.3. The third-order valence-corrected chi connectivity index (χ3v) is 6.33. The Labute approximate surface area is 143 Å². The molecule has 2 aliphatic rings. The lowest BCUT2D eigenvalue weighted by Gasteiger charge is -2.31. The molecule has 6 heteroatoms. The highest BCUT2D eigenvalue weighted by atomic mass is 32.2. The van der Waals surface area contributed by atoms with E-state index in [1.807, 2.05) is 27.7 Å². The van der Waals surface area contributed by atoms with Crippen LogP contribution in [0.4, 0.5) is 4.79 Å². The third-order valence-electron chi connectivity index (χ3n) is 4.59. The van der Waals surface area contributed by atoms with Crippen molar-refractivity contribution >= 4 is 16.9 Å². The van der Waals surface area contributed by atoms with E-state index in [-0.39, 0.29) is 6.09 Å². The molecule has 4 atom stereocenters. The van der Waals surface area contributed by atoms with Crippen LogP contribution in [0.25, 0.3) is 0 Å². The number of nitrogens with one attached hydrogen (secondary N) is 1. The molecule has 134 valence electrons. The molecule has 1 aliphatic carbocycles. The van der Waals surface area contributed by atoms with Gasteiger partial charge in [-0.3, -0.25) is 4.21 Å². The van der Waals surface area contributed by atoms with Crippen LogP contribution in [0.5, 0.6) is 0 Å². The predicted octanol–water partition coefficient (Wildman–Crippen LogP) is 2.67. The van der Waals surface area contributed by atoms with E-state index in [4.69, 9.17) is 4.74 Å². The fourth-order valence-corrected chi connectivity index (χ4v) is 4.84. The van der Waals surface area contributed by atoms with Crippen LogP contribution >= 0.6 is 0 Å². The maximum atomic E-state index is 12.1. The number of amides is 1. The Balaban J connectivity index is 1.79. The molecule has 5 nitrogen and oxygen atoms in total. The van der Waals surface area contributed by atoms with Crippen molar-refractivity contribution in [3.63, 3.8) is 0 Å². The topological polar surface area (TPSA) is 58.6 Å². The van der Waals surface area contributed by atoms with Gasteiger partial charge >= 0.3 is 6.09 Å². The lowest BCUT2D eigenvalue weighted by molar-refractivity contribution is 0.0290. The Hall–Kier alpha value is -0.620. The summed E-state index contributed by atoms with van der Waals surface area (Å²) in [4.78, 5) is 13.9. The van der Waals surface area contributed by atoms with Crippen LogP contribution in [0.15, 0.2) is 0 Å². The van der Waals surface area contributed by atoms with Crippen LogP contribution in [0.3, 0.4) is 0 Å². The summed E-state index contributed by atoms with van der Waals surface area (Å²) < 4.78 is 17.5. The van der Waals surface area contributed by atoms with Crippen LogP contribution in [-0.2, 0) is 15.5 Å². The molecular formula is C17H32N2O3S. The van der Waals surface area contributed by atoms with Gasteiger partial charge in [-0.2, -0.15) is 0 Å². The molecule has 0 aromatic rings. The first-order valence-corrected chi connectivity index (χ1v) is 10.3. The molecule has 0 radical (unpaired) electrons. The van der Waals surface area contributed by atoms with Gasteiger partial charge in [0.15, 0.2) is 0 Å². The molecule has 0 aromatic heterocycles. The largest absolute Gasteiger partial charge is 0.444 e. The third kappa shape index (κ3) is 5.75. The van der Waals surface area contributed by atoms with Gasteiger partial charge in [0.2, 0.25) is 0 Å². The van der Waals surface area contributed by atoms with E-state index in [0.717, 1.165) is 44.4 Å². The quantitative estimate of drug-likeness (QED) is 0.852. The van der Waals surface area contributed by atoms with Crippen molar-refractivity contribution in [1.82, 2.24) is 10.2 Å². The van der Waals surface area contributed by atoms with E-state index in [1.165, 1.54) is 0 Å². The van der Waals surface area contributed by atoms with Crippen molar-refractivity contribution in [2.75, 3.05) is 18.8 Å². The summed E-state index contributed by atoms with van der Waals surface area (Å²) in [5.41, 5.74) is -0.441. The molecule has 23 heavy (non-hydrogen) atoms. The lowest BCUT2D eigenvalue weighted by atomic mass is 9.94. The molecule has 1 saturated heterocycles. The van der Waals surface area contributed by atoms with Gasteiger partial charge in [0, 0.05) is 47.0 Å². The molecule has 1 heterocycles. The van der Waals surface area contributed by atoms with Crippen LogP contribution in [0.1, 0.15) is 59.8 Å². The van der Waals surface area contributed by atoms with Crippen LogP contribution in [0, 0.1) is 0 Å². The lowest BCUT2D eigenvalue weighted by Crippen LogP contribution is -2.45. The van der Waals surface area contributed by atoms with Gasteiger partial charge in [0.1, 0.15) is 5.60 Å². The van der Waals surface area contributed by atoms with E-state index in [2.05, 4.69) is 5.32 Å². The maximum Gasteiger partial charge on any atom is 0.410 e. The van der Waals surface area contributed by atoms with Crippen molar-refractivity contribution in [2.24, 2.45) is 0 Å². The Morgan fingerprint density at radius 1 is 1.26 bits per heavy atom. The summed E-state index contributed by atoms with van der Waals surface area (Å²) in [6.07, 6.45) is 5.15. The smallest absolute Gasteiger partial charge is 0.410 e. The second kappa shape index (κ2) is 7.97. The van der Waals surface area contributed by atoms with E-state index >= 15 is 0 Å². The maximum absolute atomic E-state index is 12.1.